The first kappa shape index (κ1) is 16.5. The molecule has 6 heteroatoms. The van der Waals surface area contributed by atoms with Crippen molar-refractivity contribution in [3.05, 3.63) is 35.9 Å². The van der Waals surface area contributed by atoms with Crippen LogP contribution in [-0.2, 0) is 4.79 Å². The van der Waals surface area contributed by atoms with Gasteiger partial charge in [-0.15, -0.1) is 0 Å². The summed E-state index contributed by atoms with van der Waals surface area (Å²) in [4.78, 5) is 11.6. The Bertz CT molecular complexity index is 407. The number of nitrogens with one attached hydrogen (secondary N) is 2. The molecule has 1 unspecified atom stereocenters. The second-order valence-corrected chi connectivity index (χ2v) is 4.52. The molecule has 1 rings (SSSR count). The van der Waals surface area contributed by atoms with Crippen LogP contribution in [0.5, 0.6) is 0 Å². The van der Waals surface area contributed by atoms with Gasteiger partial charge in [0.15, 0.2) is 0 Å². The fraction of sp³-hybridized carbons (Fsp3) is 0.500. The highest BCUT2D eigenvalue weighted by Crippen LogP contribution is 2.37. The maximum Gasteiger partial charge on any atom is 0.396 e. The van der Waals surface area contributed by atoms with Gasteiger partial charge in [0.25, 0.3) is 0 Å². The Morgan fingerprint density at radius 2 is 1.85 bits per heavy atom. The van der Waals surface area contributed by atoms with E-state index in [2.05, 4.69) is 10.6 Å². The van der Waals surface area contributed by atoms with Crippen molar-refractivity contribution in [3.8, 4) is 0 Å². The summed E-state index contributed by atoms with van der Waals surface area (Å²) >= 11 is 0. The molecule has 0 saturated heterocycles. The van der Waals surface area contributed by atoms with Gasteiger partial charge in [0.1, 0.15) is 0 Å². The zero-order valence-electron chi connectivity index (χ0n) is 11.3. The van der Waals surface area contributed by atoms with Crippen LogP contribution in [0.3, 0.4) is 0 Å². The standard InChI is InChI=1S/C14H19F3N2O/c1-18-8-5-9-19-13(20)10-12(14(15,16)17)11-6-3-2-4-7-11/h2-4,6-7,12,18H,5,8-10H2,1H3,(H,19,20). The Kier molecular flexibility index (Phi) is 6.51. The van der Waals surface area contributed by atoms with E-state index < -0.39 is 24.4 Å². The predicted molar refractivity (Wildman–Crippen MR) is 71.4 cm³/mol. The maximum atomic E-state index is 13.0. The molecule has 1 atom stereocenters. The average molecular weight is 288 g/mol. The summed E-state index contributed by atoms with van der Waals surface area (Å²) in [6.07, 6.45) is -4.32. The Morgan fingerprint density at radius 3 is 2.40 bits per heavy atom. The topological polar surface area (TPSA) is 41.1 Å². The maximum absolute atomic E-state index is 13.0. The fourth-order valence-electron chi connectivity index (χ4n) is 1.86. The van der Waals surface area contributed by atoms with E-state index in [0.717, 1.165) is 0 Å². The first-order chi connectivity index (χ1) is 9.45. The average Bonchev–Trinajstić information content (AvgIpc) is 2.41. The highest BCUT2D eigenvalue weighted by Gasteiger charge is 2.41. The summed E-state index contributed by atoms with van der Waals surface area (Å²) in [6.45, 7) is 1.08. The van der Waals surface area contributed by atoms with Gasteiger partial charge in [-0.3, -0.25) is 4.79 Å². The largest absolute Gasteiger partial charge is 0.396 e. The summed E-state index contributed by atoms with van der Waals surface area (Å²) in [5.41, 5.74) is 0.116. The van der Waals surface area contributed by atoms with E-state index in [0.29, 0.717) is 19.5 Å². The van der Waals surface area contributed by atoms with E-state index in [1.54, 1.807) is 25.2 Å². The van der Waals surface area contributed by atoms with Crippen LogP contribution >= 0.6 is 0 Å². The predicted octanol–water partition coefficient (Wildman–Crippen LogP) is 2.45. The number of halogens is 3. The van der Waals surface area contributed by atoms with E-state index in [4.69, 9.17) is 0 Å². The number of carbonyl (C=O) groups excluding carboxylic acids is 1. The zero-order chi connectivity index (χ0) is 15.0. The van der Waals surface area contributed by atoms with Crippen LogP contribution < -0.4 is 10.6 Å². The highest BCUT2D eigenvalue weighted by atomic mass is 19.4. The lowest BCUT2D eigenvalue weighted by molar-refractivity contribution is -0.157. The van der Waals surface area contributed by atoms with Gasteiger partial charge >= 0.3 is 6.18 Å². The SMILES string of the molecule is CNCCCNC(=O)CC(c1ccccc1)C(F)(F)F. The zero-order valence-corrected chi connectivity index (χ0v) is 11.3. The van der Waals surface area contributed by atoms with Gasteiger partial charge in [0.05, 0.1) is 5.92 Å². The number of amides is 1. The van der Waals surface area contributed by atoms with Crippen LogP contribution in [0, 0.1) is 0 Å². The molecule has 3 nitrogen and oxygen atoms in total. The molecule has 20 heavy (non-hydrogen) atoms. The van der Waals surface area contributed by atoms with Crippen LogP contribution in [0.4, 0.5) is 13.2 Å². The lowest BCUT2D eigenvalue weighted by atomic mass is 9.95. The van der Waals surface area contributed by atoms with Crippen LogP contribution in [0.1, 0.15) is 24.3 Å². The van der Waals surface area contributed by atoms with Gasteiger partial charge in [0, 0.05) is 13.0 Å². The Morgan fingerprint density at radius 1 is 1.20 bits per heavy atom. The van der Waals surface area contributed by atoms with Gasteiger partial charge in [-0.1, -0.05) is 30.3 Å². The molecule has 1 aromatic carbocycles. The van der Waals surface area contributed by atoms with Crippen molar-refractivity contribution in [2.75, 3.05) is 20.1 Å². The molecule has 0 aromatic heterocycles. The molecule has 0 bridgehead atoms. The van der Waals surface area contributed by atoms with Gasteiger partial charge in [-0.25, -0.2) is 0 Å². The van der Waals surface area contributed by atoms with E-state index >= 15 is 0 Å². The van der Waals surface area contributed by atoms with E-state index in [-0.39, 0.29) is 5.56 Å². The summed E-state index contributed by atoms with van der Waals surface area (Å²) < 4.78 is 39.1. The van der Waals surface area contributed by atoms with Gasteiger partial charge < -0.3 is 10.6 Å². The smallest absolute Gasteiger partial charge is 0.356 e. The van der Waals surface area contributed by atoms with Crippen molar-refractivity contribution < 1.29 is 18.0 Å². The first-order valence-corrected chi connectivity index (χ1v) is 6.48. The Balaban J connectivity index is 2.61. The Labute approximate surface area is 116 Å². The molecule has 112 valence electrons. The van der Waals surface area contributed by atoms with Crippen LogP contribution in [0.25, 0.3) is 0 Å². The van der Waals surface area contributed by atoms with Gasteiger partial charge in [-0.2, -0.15) is 13.2 Å². The molecule has 0 heterocycles. The molecule has 0 spiro atoms. The van der Waals surface area contributed by atoms with Crippen LogP contribution in [-0.4, -0.2) is 32.2 Å². The third-order valence-corrected chi connectivity index (χ3v) is 2.91. The summed E-state index contributed by atoms with van der Waals surface area (Å²) in [6, 6.07) is 7.52. The van der Waals surface area contributed by atoms with Crippen molar-refractivity contribution in [2.24, 2.45) is 0 Å². The van der Waals surface area contributed by atoms with Crippen LogP contribution in [0.2, 0.25) is 0 Å². The van der Waals surface area contributed by atoms with Crippen molar-refractivity contribution in [1.29, 1.82) is 0 Å². The second kappa shape index (κ2) is 7.89. The Hall–Kier alpha value is -1.56. The molecule has 1 aromatic rings. The minimum Gasteiger partial charge on any atom is -0.356 e. The number of hydrogen-bond donors (Lipinski definition) is 2. The molecular formula is C14H19F3N2O. The van der Waals surface area contributed by atoms with Crippen LogP contribution in [0.15, 0.2) is 30.3 Å². The van der Waals surface area contributed by atoms with Crippen molar-refractivity contribution in [2.45, 2.75) is 24.9 Å². The van der Waals surface area contributed by atoms with E-state index in [9.17, 15) is 18.0 Å². The third-order valence-electron chi connectivity index (χ3n) is 2.91. The first-order valence-electron chi connectivity index (χ1n) is 6.48. The van der Waals surface area contributed by atoms with Gasteiger partial charge in [-0.05, 0) is 25.6 Å². The minimum atomic E-state index is -4.43. The van der Waals surface area contributed by atoms with E-state index in [1.165, 1.54) is 12.1 Å². The van der Waals surface area contributed by atoms with Gasteiger partial charge in [0.2, 0.25) is 5.91 Å². The molecule has 0 fully saturated rings. The second-order valence-electron chi connectivity index (χ2n) is 4.52. The summed E-state index contributed by atoms with van der Waals surface area (Å²) in [7, 11) is 1.77. The molecule has 0 aliphatic heterocycles. The molecule has 2 N–H and O–H groups in total. The number of carbonyl (C=O) groups is 1. The molecule has 0 aliphatic rings. The lowest BCUT2D eigenvalue weighted by Crippen LogP contribution is -2.31. The van der Waals surface area contributed by atoms with Crippen molar-refractivity contribution in [1.82, 2.24) is 10.6 Å². The minimum absolute atomic E-state index is 0.116. The molecule has 0 aliphatic carbocycles. The number of alkyl halides is 3. The monoisotopic (exact) mass is 288 g/mol. The molecule has 0 saturated carbocycles. The van der Waals surface area contributed by atoms with E-state index in [1.807, 2.05) is 0 Å². The fourth-order valence-corrected chi connectivity index (χ4v) is 1.86. The van der Waals surface area contributed by atoms with Crippen molar-refractivity contribution in [3.63, 3.8) is 0 Å². The lowest BCUT2D eigenvalue weighted by Gasteiger charge is -2.20. The molecule has 0 radical (unpaired) electrons. The number of rotatable bonds is 7. The third kappa shape index (κ3) is 5.61. The normalized spacial score (nSPS) is 13.0. The quantitative estimate of drug-likeness (QED) is 0.757. The highest BCUT2D eigenvalue weighted by molar-refractivity contribution is 5.77. The number of benzene rings is 1. The summed E-state index contributed by atoms with van der Waals surface area (Å²) in [5.74, 6) is -2.33. The van der Waals surface area contributed by atoms with Crippen molar-refractivity contribution >= 4 is 5.91 Å². The number of hydrogen-bond acceptors (Lipinski definition) is 2. The molecular weight excluding hydrogens is 269 g/mol. The molecule has 1 amide bonds. The summed E-state index contributed by atoms with van der Waals surface area (Å²) in [5, 5.41) is 5.41.